The Balaban J connectivity index is 1.57. The molecule has 3 aromatic carbocycles. The maximum absolute atomic E-state index is 13.3. The first-order valence-electron chi connectivity index (χ1n) is 11.3. The topological polar surface area (TPSA) is 114 Å². The van der Waals surface area contributed by atoms with Crippen LogP contribution in [0.5, 0.6) is 11.5 Å². The van der Waals surface area contributed by atoms with Gasteiger partial charge in [-0.3, -0.25) is 19.7 Å². The molecule has 1 fully saturated rings. The molecule has 3 aromatic rings. The fourth-order valence-electron chi connectivity index (χ4n) is 3.70. The Bertz CT molecular complexity index is 1520. The largest absolute Gasteiger partial charge is 0.493 e. The Morgan fingerprint density at radius 1 is 1.05 bits per heavy atom. The van der Waals surface area contributed by atoms with Gasteiger partial charge in [0.1, 0.15) is 5.57 Å². The number of imide groups is 2. The molecule has 0 unspecified atom stereocenters. The van der Waals surface area contributed by atoms with E-state index < -0.39 is 23.8 Å². The van der Waals surface area contributed by atoms with Crippen LogP contribution < -0.4 is 25.0 Å². The zero-order valence-electron chi connectivity index (χ0n) is 20.5. The highest BCUT2D eigenvalue weighted by atomic mass is 79.9. The predicted molar refractivity (Wildman–Crippen MR) is 151 cm³/mol. The Kier molecular flexibility index (Phi) is 8.59. The van der Waals surface area contributed by atoms with Gasteiger partial charge in [-0.2, -0.15) is 0 Å². The van der Waals surface area contributed by atoms with Crippen molar-refractivity contribution < 1.29 is 28.7 Å². The molecule has 0 aliphatic carbocycles. The van der Waals surface area contributed by atoms with E-state index in [-0.39, 0.29) is 29.4 Å². The Morgan fingerprint density at radius 3 is 2.44 bits per heavy atom. The Hall–Kier alpha value is -3.86. The lowest BCUT2D eigenvalue weighted by Crippen LogP contribution is -2.54. The van der Waals surface area contributed by atoms with Gasteiger partial charge in [-0.15, -0.1) is 0 Å². The quantitative estimate of drug-likeness (QED) is 0.253. The van der Waals surface area contributed by atoms with Crippen LogP contribution in [0, 0.1) is 6.92 Å². The van der Waals surface area contributed by atoms with E-state index in [4.69, 9.17) is 32.7 Å². The highest BCUT2D eigenvalue weighted by molar-refractivity contribution is 9.10. The van der Waals surface area contributed by atoms with Crippen LogP contribution in [0.4, 0.5) is 16.2 Å². The minimum atomic E-state index is -0.882. The molecule has 0 saturated carbocycles. The lowest BCUT2D eigenvalue weighted by Gasteiger charge is -2.27. The smallest absolute Gasteiger partial charge is 0.335 e. The van der Waals surface area contributed by atoms with Gasteiger partial charge in [-0.25, -0.2) is 9.69 Å². The number of methoxy groups -OCH3 is 1. The maximum Gasteiger partial charge on any atom is 0.335 e. The van der Waals surface area contributed by atoms with Crippen LogP contribution in [-0.2, 0) is 14.4 Å². The molecular formula is C27H20BrCl2N3O6. The van der Waals surface area contributed by atoms with E-state index in [1.807, 2.05) is 0 Å². The van der Waals surface area contributed by atoms with Crippen molar-refractivity contribution in [1.82, 2.24) is 5.32 Å². The van der Waals surface area contributed by atoms with Gasteiger partial charge in [0.05, 0.1) is 17.3 Å². The minimum Gasteiger partial charge on any atom is -0.493 e. The minimum absolute atomic E-state index is 0.233. The van der Waals surface area contributed by atoms with Crippen LogP contribution in [-0.4, -0.2) is 37.5 Å². The number of halogens is 3. The number of rotatable bonds is 7. The summed E-state index contributed by atoms with van der Waals surface area (Å²) in [6.07, 6.45) is 1.32. The van der Waals surface area contributed by atoms with Gasteiger partial charge in [0.2, 0.25) is 0 Å². The van der Waals surface area contributed by atoms with Crippen LogP contribution in [0.3, 0.4) is 0 Å². The van der Waals surface area contributed by atoms with Gasteiger partial charge < -0.3 is 14.8 Å². The van der Waals surface area contributed by atoms with Gasteiger partial charge in [-0.05, 0) is 88.6 Å². The van der Waals surface area contributed by atoms with E-state index in [2.05, 4.69) is 26.6 Å². The zero-order chi connectivity index (χ0) is 28.3. The number of benzene rings is 3. The number of barbiturate groups is 1. The number of hydrogen-bond acceptors (Lipinski definition) is 6. The number of aryl methyl sites for hydroxylation is 1. The molecule has 1 heterocycles. The summed E-state index contributed by atoms with van der Waals surface area (Å²) < 4.78 is 11.5. The molecule has 0 radical (unpaired) electrons. The van der Waals surface area contributed by atoms with E-state index in [9.17, 15) is 19.2 Å². The second kappa shape index (κ2) is 11.9. The zero-order valence-corrected chi connectivity index (χ0v) is 23.6. The summed E-state index contributed by atoms with van der Waals surface area (Å²) in [6, 6.07) is 13.6. The summed E-state index contributed by atoms with van der Waals surface area (Å²) in [5.74, 6) is -1.61. The average molecular weight is 633 g/mol. The molecule has 0 spiro atoms. The Labute approximate surface area is 241 Å². The molecule has 5 amide bonds. The number of amides is 5. The number of carbonyl (C=O) groups excluding carboxylic acids is 4. The molecule has 12 heteroatoms. The molecular weight excluding hydrogens is 613 g/mol. The van der Waals surface area contributed by atoms with Gasteiger partial charge in [0.15, 0.2) is 18.1 Å². The van der Waals surface area contributed by atoms with Gasteiger partial charge in [0, 0.05) is 15.7 Å². The van der Waals surface area contributed by atoms with Crippen LogP contribution in [0.2, 0.25) is 10.0 Å². The van der Waals surface area contributed by atoms with Crippen LogP contribution in [0.25, 0.3) is 6.08 Å². The number of ether oxygens (including phenoxy) is 2. The first-order chi connectivity index (χ1) is 18.6. The van der Waals surface area contributed by atoms with Crippen molar-refractivity contribution in [3.63, 3.8) is 0 Å². The van der Waals surface area contributed by atoms with Crippen molar-refractivity contribution in [2.75, 3.05) is 23.9 Å². The SMILES string of the molecule is COc1cc(/C=C2\C(=O)NC(=O)N(c3cc(Cl)ccc3C)C2=O)cc(Br)c1OCC(=O)Nc1ccc(Cl)cc1. The molecule has 0 aromatic heterocycles. The molecule has 39 heavy (non-hydrogen) atoms. The lowest BCUT2D eigenvalue weighted by atomic mass is 10.1. The number of nitrogens with one attached hydrogen (secondary N) is 2. The number of nitrogens with zero attached hydrogens (tertiary/aromatic N) is 1. The van der Waals surface area contributed by atoms with Gasteiger partial charge in [0.25, 0.3) is 17.7 Å². The summed E-state index contributed by atoms with van der Waals surface area (Å²) in [4.78, 5) is 51.6. The van der Waals surface area contributed by atoms with Crippen LogP contribution in [0.15, 0.2) is 64.6 Å². The predicted octanol–water partition coefficient (Wildman–Crippen LogP) is 5.76. The molecule has 200 valence electrons. The third-order valence-corrected chi connectivity index (χ3v) is 6.63. The molecule has 4 rings (SSSR count). The van der Waals surface area contributed by atoms with Crippen LogP contribution >= 0.6 is 39.1 Å². The van der Waals surface area contributed by atoms with Gasteiger partial charge in [-0.1, -0.05) is 29.3 Å². The second-order valence-electron chi connectivity index (χ2n) is 8.27. The van der Waals surface area contributed by atoms with Crippen molar-refractivity contribution in [2.24, 2.45) is 0 Å². The van der Waals surface area contributed by atoms with Crippen LogP contribution in [0.1, 0.15) is 11.1 Å². The first kappa shape index (κ1) is 28.2. The summed E-state index contributed by atoms with van der Waals surface area (Å²) in [5, 5.41) is 5.74. The summed E-state index contributed by atoms with van der Waals surface area (Å²) in [7, 11) is 1.40. The maximum atomic E-state index is 13.3. The summed E-state index contributed by atoms with van der Waals surface area (Å²) >= 11 is 15.3. The summed E-state index contributed by atoms with van der Waals surface area (Å²) in [6.45, 7) is 1.39. The van der Waals surface area contributed by atoms with Gasteiger partial charge >= 0.3 is 6.03 Å². The fraction of sp³-hybridized carbons (Fsp3) is 0.111. The van der Waals surface area contributed by atoms with Crippen molar-refractivity contribution in [2.45, 2.75) is 6.92 Å². The molecule has 0 atom stereocenters. The molecule has 2 N–H and O–H groups in total. The fourth-order valence-corrected chi connectivity index (χ4v) is 4.56. The number of hydrogen-bond donors (Lipinski definition) is 2. The highest BCUT2D eigenvalue weighted by Gasteiger charge is 2.37. The Morgan fingerprint density at radius 2 is 1.74 bits per heavy atom. The van der Waals surface area contributed by atoms with E-state index >= 15 is 0 Å². The van der Waals surface area contributed by atoms with Crippen molar-refractivity contribution in [3.05, 3.63) is 85.8 Å². The van der Waals surface area contributed by atoms with E-state index in [1.165, 1.54) is 25.3 Å². The highest BCUT2D eigenvalue weighted by Crippen LogP contribution is 2.38. The van der Waals surface area contributed by atoms with Crippen molar-refractivity contribution >= 4 is 80.3 Å². The van der Waals surface area contributed by atoms with Crippen molar-refractivity contribution in [3.8, 4) is 11.5 Å². The van der Waals surface area contributed by atoms with Crippen molar-refractivity contribution in [1.29, 1.82) is 0 Å². The molecule has 1 saturated heterocycles. The molecule has 9 nitrogen and oxygen atoms in total. The second-order valence-corrected chi connectivity index (χ2v) is 9.99. The normalized spacial score (nSPS) is 14.3. The first-order valence-corrected chi connectivity index (χ1v) is 12.9. The lowest BCUT2D eigenvalue weighted by molar-refractivity contribution is -0.122. The standard InChI is InChI=1S/C27H20BrCl2N3O6/c1-14-3-4-17(30)12-21(14)33-26(36)19(25(35)32-27(33)37)9-15-10-20(28)24(22(11-15)38-2)39-13-23(34)31-18-7-5-16(29)6-8-18/h3-12H,13H2,1-2H3,(H,31,34)(H,32,35,37)/b19-9+. The summed E-state index contributed by atoms with van der Waals surface area (Å²) in [5.41, 5.74) is 1.54. The number of urea groups is 1. The third-order valence-electron chi connectivity index (χ3n) is 5.55. The molecule has 0 bridgehead atoms. The van der Waals surface area contributed by atoms with E-state index in [0.29, 0.717) is 31.3 Å². The monoisotopic (exact) mass is 631 g/mol. The molecule has 1 aliphatic heterocycles. The number of carbonyl (C=O) groups is 4. The molecule has 1 aliphatic rings. The third kappa shape index (κ3) is 6.42. The van der Waals surface area contributed by atoms with E-state index in [1.54, 1.807) is 49.4 Å². The number of anilines is 2. The average Bonchev–Trinajstić information content (AvgIpc) is 2.88. The van der Waals surface area contributed by atoms with E-state index in [0.717, 1.165) is 4.90 Å².